The summed E-state index contributed by atoms with van der Waals surface area (Å²) in [5.74, 6) is -1.02. The number of aliphatic hydroxyl groups excluding tert-OH is 1. The van der Waals surface area contributed by atoms with Crippen molar-refractivity contribution >= 4 is 25.8 Å². The van der Waals surface area contributed by atoms with Crippen LogP contribution in [0.25, 0.3) is 0 Å². The second kappa shape index (κ2) is 5.05. The predicted molar refractivity (Wildman–Crippen MR) is 57.9 cm³/mol. The lowest BCUT2D eigenvalue weighted by atomic mass is 10.3. The van der Waals surface area contributed by atoms with Crippen LogP contribution in [0.2, 0.25) is 0 Å². The largest absolute Gasteiger partial charge is 0.396 e. The Labute approximate surface area is 96.0 Å². The van der Waals surface area contributed by atoms with E-state index in [1.165, 1.54) is 12.1 Å². The van der Waals surface area contributed by atoms with Crippen molar-refractivity contribution in [1.82, 2.24) is 0 Å². The number of benzene rings is 1. The smallest absolute Gasteiger partial charge is 0.181 e. The van der Waals surface area contributed by atoms with Crippen molar-refractivity contribution in [2.24, 2.45) is 0 Å². The Morgan fingerprint density at radius 3 is 2.60 bits per heavy atom. The van der Waals surface area contributed by atoms with Gasteiger partial charge >= 0.3 is 0 Å². The van der Waals surface area contributed by atoms with Crippen LogP contribution in [0.4, 0.5) is 4.39 Å². The maximum absolute atomic E-state index is 13.3. The van der Waals surface area contributed by atoms with Crippen molar-refractivity contribution in [2.75, 3.05) is 12.4 Å². The van der Waals surface area contributed by atoms with Crippen molar-refractivity contribution < 1.29 is 17.9 Å². The Bertz CT molecular complexity index is 445. The van der Waals surface area contributed by atoms with E-state index >= 15 is 0 Å². The van der Waals surface area contributed by atoms with E-state index < -0.39 is 15.7 Å². The van der Waals surface area contributed by atoms with Gasteiger partial charge in [0.15, 0.2) is 9.84 Å². The summed E-state index contributed by atoms with van der Waals surface area (Å²) in [7, 11) is -3.63. The molecule has 1 rings (SSSR count). The van der Waals surface area contributed by atoms with Crippen molar-refractivity contribution in [3.05, 3.63) is 28.5 Å². The monoisotopic (exact) mass is 296 g/mol. The minimum atomic E-state index is -3.63. The number of rotatable bonds is 4. The highest BCUT2D eigenvalue weighted by atomic mass is 79.9. The molecule has 1 aromatic carbocycles. The van der Waals surface area contributed by atoms with E-state index in [0.717, 1.165) is 6.07 Å². The summed E-state index contributed by atoms with van der Waals surface area (Å²) < 4.78 is 36.9. The molecule has 0 amide bonds. The first-order valence-corrected chi connectivity index (χ1v) is 6.70. The minimum Gasteiger partial charge on any atom is -0.396 e. The van der Waals surface area contributed by atoms with Gasteiger partial charge in [0.05, 0.1) is 5.75 Å². The van der Waals surface area contributed by atoms with Gasteiger partial charge in [-0.25, -0.2) is 12.8 Å². The highest BCUT2D eigenvalue weighted by Crippen LogP contribution is 2.20. The van der Waals surface area contributed by atoms with Crippen LogP contribution in [-0.2, 0) is 9.84 Å². The summed E-state index contributed by atoms with van der Waals surface area (Å²) in [4.78, 5) is -0.320. The zero-order valence-corrected chi connectivity index (χ0v) is 10.2. The number of hydrogen-bond acceptors (Lipinski definition) is 3. The Balaban J connectivity index is 3.05. The molecule has 1 aromatic rings. The van der Waals surface area contributed by atoms with Gasteiger partial charge in [-0.05, 0) is 24.6 Å². The van der Waals surface area contributed by atoms with Crippen molar-refractivity contribution in [2.45, 2.75) is 11.3 Å². The van der Waals surface area contributed by atoms with E-state index in [0.29, 0.717) is 4.47 Å². The number of hydrogen-bond donors (Lipinski definition) is 1. The van der Waals surface area contributed by atoms with Gasteiger partial charge in [0.25, 0.3) is 0 Å². The lowest BCUT2D eigenvalue weighted by Gasteiger charge is -2.04. The van der Waals surface area contributed by atoms with E-state index in [1.54, 1.807) is 0 Å². The third kappa shape index (κ3) is 3.25. The minimum absolute atomic E-state index is 0.109. The maximum atomic E-state index is 13.3. The lowest BCUT2D eigenvalue weighted by Crippen LogP contribution is -2.10. The summed E-state index contributed by atoms with van der Waals surface area (Å²) >= 11 is 3.04. The first-order valence-electron chi connectivity index (χ1n) is 4.26. The molecule has 3 nitrogen and oxygen atoms in total. The van der Waals surface area contributed by atoms with Crippen LogP contribution in [0.15, 0.2) is 27.6 Å². The average molecular weight is 297 g/mol. The van der Waals surface area contributed by atoms with E-state index in [1.807, 2.05) is 0 Å². The summed E-state index contributed by atoms with van der Waals surface area (Å²) in [6, 6.07) is 3.78. The fourth-order valence-electron chi connectivity index (χ4n) is 1.09. The van der Waals surface area contributed by atoms with Crippen molar-refractivity contribution in [3.63, 3.8) is 0 Å². The molecule has 0 saturated carbocycles. The number of aliphatic hydroxyl groups is 1. The Hall–Kier alpha value is -0.460. The zero-order chi connectivity index (χ0) is 11.5. The first-order chi connectivity index (χ1) is 6.97. The van der Waals surface area contributed by atoms with Gasteiger partial charge in [-0.1, -0.05) is 15.9 Å². The normalized spacial score (nSPS) is 11.7. The molecule has 0 aliphatic heterocycles. The van der Waals surface area contributed by atoms with Gasteiger partial charge in [0.1, 0.15) is 10.7 Å². The number of sulfone groups is 1. The molecule has 0 saturated heterocycles. The summed E-state index contributed by atoms with van der Waals surface area (Å²) in [6.07, 6.45) is 0.109. The molecule has 0 aromatic heterocycles. The second-order valence-corrected chi connectivity index (χ2v) is 5.96. The fraction of sp³-hybridized carbons (Fsp3) is 0.333. The first kappa shape index (κ1) is 12.6. The van der Waals surface area contributed by atoms with Crippen molar-refractivity contribution in [1.29, 1.82) is 0 Å². The molecule has 0 atom stereocenters. The van der Waals surface area contributed by atoms with Gasteiger partial charge in [0, 0.05) is 11.1 Å². The van der Waals surface area contributed by atoms with Crippen LogP contribution in [0.5, 0.6) is 0 Å². The molecule has 0 spiro atoms. The molecule has 0 bridgehead atoms. The van der Waals surface area contributed by atoms with Gasteiger partial charge in [-0.15, -0.1) is 0 Å². The van der Waals surface area contributed by atoms with E-state index in [4.69, 9.17) is 5.11 Å². The SMILES string of the molecule is O=S(=O)(CCCO)c1ccc(Br)cc1F. The topological polar surface area (TPSA) is 54.4 Å². The quantitative estimate of drug-likeness (QED) is 0.921. The van der Waals surface area contributed by atoms with Crippen LogP contribution in [-0.4, -0.2) is 25.9 Å². The fourth-order valence-corrected chi connectivity index (χ4v) is 2.79. The Morgan fingerprint density at radius 1 is 1.40 bits per heavy atom. The molecule has 0 heterocycles. The van der Waals surface area contributed by atoms with Gasteiger partial charge in [-0.3, -0.25) is 0 Å². The average Bonchev–Trinajstić information content (AvgIpc) is 2.14. The molecular formula is C9H10BrFO3S. The highest BCUT2D eigenvalue weighted by molar-refractivity contribution is 9.10. The maximum Gasteiger partial charge on any atom is 0.181 e. The predicted octanol–water partition coefficient (Wildman–Crippen LogP) is 1.74. The van der Waals surface area contributed by atoms with Crippen LogP contribution >= 0.6 is 15.9 Å². The molecule has 1 N–H and O–H groups in total. The molecule has 0 fully saturated rings. The molecule has 0 unspecified atom stereocenters. The Morgan fingerprint density at radius 2 is 2.07 bits per heavy atom. The molecule has 6 heteroatoms. The van der Waals surface area contributed by atoms with Crippen LogP contribution in [0.3, 0.4) is 0 Å². The van der Waals surface area contributed by atoms with E-state index in [2.05, 4.69) is 15.9 Å². The van der Waals surface area contributed by atoms with Crippen molar-refractivity contribution in [3.8, 4) is 0 Å². The summed E-state index contributed by atoms with van der Waals surface area (Å²) in [5, 5.41) is 8.52. The standard InChI is InChI=1S/C9H10BrFO3S/c10-7-2-3-9(8(11)6-7)15(13,14)5-1-4-12/h2-3,6,12H,1,4-5H2. The molecule has 15 heavy (non-hydrogen) atoms. The van der Waals surface area contributed by atoms with Crippen LogP contribution < -0.4 is 0 Å². The molecule has 84 valence electrons. The molecule has 0 aliphatic rings. The van der Waals surface area contributed by atoms with E-state index in [9.17, 15) is 12.8 Å². The summed E-state index contributed by atoms with van der Waals surface area (Å²) in [6.45, 7) is -0.225. The molecular weight excluding hydrogens is 287 g/mol. The highest BCUT2D eigenvalue weighted by Gasteiger charge is 2.18. The Kier molecular flexibility index (Phi) is 4.24. The number of halogens is 2. The van der Waals surface area contributed by atoms with Gasteiger partial charge in [0.2, 0.25) is 0 Å². The van der Waals surface area contributed by atoms with Crippen LogP contribution in [0.1, 0.15) is 6.42 Å². The van der Waals surface area contributed by atoms with Crippen LogP contribution in [0, 0.1) is 5.82 Å². The third-order valence-corrected chi connectivity index (χ3v) is 4.12. The molecule has 0 aliphatic carbocycles. The lowest BCUT2D eigenvalue weighted by molar-refractivity contribution is 0.295. The second-order valence-electron chi connectivity index (χ2n) is 2.97. The summed E-state index contributed by atoms with van der Waals surface area (Å²) in [5.41, 5.74) is 0. The van der Waals surface area contributed by atoms with E-state index in [-0.39, 0.29) is 23.7 Å². The third-order valence-electron chi connectivity index (χ3n) is 1.80. The van der Waals surface area contributed by atoms with Gasteiger partial charge < -0.3 is 5.11 Å². The van der Waals surface area contributed by atoms with Gasteiger partial charge in [-0.2, -0.15) is 0 Å². The zero-order valence-electron chi connectivity index (χ0n) is 7.78. The molecule has 0 radical (unpaired) electrons.